The lowest BCUT2D eigenvalue weighted by molar-refractivity contribution is 0.347. The van der Waals surface area contributed by atoms with Gasteiger partial charge in [-0.15, -0.1) is 10.2 Å². The molecule has 5 nitrogen and oxygen atoms in total. The summed E-state index contributed by atoms with van der Waals surface area (Å²) in [5.74, 6) is 1.58. The normalized spacial score (nSPS) is 11.6. The van der Waals surface area contributed by atoms with Crippen molar-refractivity contribution >= 4 is 0 Å². The van der Waals surface area contributed by atoms with Gasteiger partial charge in [-0.25, -0.2) is 4.39 Å². The Morgan fingerprint density at radius 2 is 2.11 bits per heavy atom. The third-order valence-electron chi connectivity index (χ3n) is 2.47. The van der Waals surface area contributed by atoms with Crippen molar-refractivity contribution in [3.8, 4) is 17.2 Å². The van der Waals surface area contributed by atoms with Crippen LogP contribution in [0.15, 0.2) is 40.6 Å². The molecule has 0 bridgehead atoms. The SMILES string of the molecule is Cc1nnc(-c2ccc(OC/C(=C\F)CN)cc2)o1. The van der Waals surface area contributed by atoms with E-state index >= 15 is 0 Å². The number of hydrogen-bond donors (Lipinski definition) is 1. The Bertz CT molecular complexity index is 564. The predicted molar refractivity (Wildman–Crippen MR) is 68.2 cm³/mol. The third kappa shape index (κ3) is 3.38. The number of benzene rings is 1. The molecule has 6 heteroatoms. The highest BCUT2D eigenvalue weighted by Gasteiger charge is 2.06. The van der Waals surface area contributed by atoms with Gasteiger partial charge in [0.05, 0.1) is 6.33 Å². The van der Waals surface area contributed by atoms with E-state index in [2.05, 4.69) is 10.2 Å². The Labute approximate surface area is 109 Å². The highest BCUT2D eigenvalue weighted by molar-refractivity contribution is 5.53. The smallest absolute Gasteiger partial charge is 0.247 e. The van der Waals surface area contributed by atoms with Crippen molar-refractivity contribution in [3.63, 3.8) is 0 Å². The van der Waals surface area contributed by atoms with Crippen LogP contribution in [0.4, 0.5) is 4.39 Å². The molecule has 0 fully saturated rings. The standard InChI is InChI=1S/C13H14FN3O2/c1-9-16-17-13(19-9)11-2-4-12(5-3-11)18-8-10(6-14)7-15/h2-6H,7-8,15H2,1H3/b10-6-. The zero-order chi connectivity index (χ0) is 13.7. The molecule has 0 aliphatic rings. The molecule has 0 spiro atoms. The van der Waals surface area contributed by atoms with Gasteiger partial charge in [-0.2, -0.15) is 0 Å². The Morgan fingerprint density at radius 1 is 1.37 bits per heavy atom. The maximum Gasteiger partial charge on any atom is 0.247 e. The van der Waals surface area contributed by atoms with Crippen LogP contribution in [-0.4, -0.2) is 23.3 Å². The largest absolute Gasteiger partial charge is 0.489 e. The van der Waals surface area contributed by atoms with Crippen LogP contribution in [0.5, 0.6) is 5.75 Å². The van der Waals surface area contributed by atoms with Gasteiger partial charge in [0.1, 0.15) is 12.4 Å². The molecule has 19 heavy (non-hydrogen) atoms. The van der Waals surface area contributed by atoms with Crippen molar-refractivity contribution in [2.75, 3.05) is 13.2 Å². The van der Waals surface area contributed by atoms with Gasteiger partial charge in [-0.1, -0.05) is 0 Å². The molecule has 0 amide bonds. The fourth-order valence-electron chi connectivity index (χ4n) is 1.42. The zero-order valence-electron chi connectivity index (χ0n) is 10.5. The van der Waals surface area contributed by atoms with E-state index in [1.807, 2.05) is 0 Å². The van der Waals surface area contributed by atoms with E-state index in [0.717, 1.165) is 5.56 Å². The number of hydrogen-bond acceptors (Lipinski definition) is 5. The minimum absolute atomic E-state index is 0.131. The van der Waals surface area contributed by atoms with Crippen LogP contribution in [-0.2, 0) is 0 Å². The number of nitrogens with two attached hydrogens (primary N) is 1. The van der Waals surface area contributed by atoms with E-state index in [1.165, 1.54) is 0 Å². The second kappa shape index (κ2) is 6.10. The zero-order valence-corrected chi connectivity index (χ0v) is 10.5. The van der Waals surface area contributed by atoms with Crippen LogP contribution in [0, 0.1) is 6.92 Å². The summed E-state index contributed by atoms with van der Waals surface area (Å²) in [6.07, 6.45) is 0.468. The van der Waals surface area contributed by atoms with Gasteiger partial charge in [-0.3, -0.25) is 0 Å². The number of rotatable bonds is 5. The molecule has 1 aromatic heterocycles. The highest BCUT2D eigenvalue weighted by Crippen LogP contribution is 2.21. The number of ether oxygens (including phenoxy) is 1. The number of halogens is 1. The molecule has 0 aliphatic heterocycles. The Morgan fingerprint density at radius 3 is 2.63 bits per heavy atom. The molecule has 0 saturated carbocycles. The third-order valence-corrected chi connectivity index (χ3v) is 2.47. The molecular weight excluding hydrogens is 249 g/mol. The summed E-state index contributed by atoms with van der Waals surface area (Å²) in [5, 5.41) is 7.67. The van der Waals surface area contributed by atoms with Crippen molar-refractivity contribution in [2.45, 2.75) is 6.92 Å². The van der Waals surface area contributed by atoms with E-state index in [9.17, 15) is 4.39 Å². The Kier molecular flexibility index (Phi) is 4.25. The molecule has 1 heterocycles. The average Bonchev–Trinajstić information content (AvgIpc) is 2.87. The molecule has 2 N–H and O–H groups in total. The molecule has 0 aliphatic carbocycles. The summed E-state index contributed by atoms with van der Waals surface area (Å²) < 4.78 is 23.0. The van der Waals surface area contributed by atoms with E-state index in [4.69, 9.17) is 14.9 Å². The van der Waals surface area contributed by atoms with Crippen LogP contribution in [0.2, 0.25) is 0 Å². The van der Waals surface area contributed by atoms with Crippen molar-refractivity contribution < 1.29 is 13.5 Å². The molecule has 2 rings (SSSR count). The topological polar surface area (TPSA) is 74.2 Å². The minimum atomic E-state index is 0.131. The lowest BCUT2D eigenvalue weighted by Gasteiger charge is -2.07. The molecular formula is C13H14FN3O2. The van der Waals surface area contributed by atoms with Gasteiger partial charge in [0, 0.05) is 24.6 Å². The summed E-state index contributed by atoms with van der Waals surface area (Å²) in [6, 6.07) is 7.09. The summed E-state index contributed by atoms with van der Waals surface area (Å²) >= 11 is 0. The van der Waals surface area contributed by atoms with Crippen LogP contribution in [0.3, 0.4) is 0 Å². The molecule has 100 valence electrons. The van der Waals surface area contributed by atoms with Gasteiger partial charge >= 0.3 is 0 Å². The quantitative estimate of drug-likeness (QED) is 0.895. The Hall–Kier alpha value is -2.21. The minimum Gasteiger partial charge on any atom is -0.489 e. The van der Waals surface area contributed by atoms with Crippen molar-refractivity contribution in [1.82, 2.24) is 10.2 Å². The second-order valence-corrected chi connectivity index (χ2v) is 3.91. The summed E-state index contributed by atoms with van der Waals surface area (Å²) in [6.45, 7) is 1.99. The molecule has 2 aromatic rings. The van der Waals surface area contributed by atoms with Crippen molar-refractivity contribution in [3.05, 3.63) is 42.1 Å². The molecule has 0 unspecified atom stereocenters. The van der Waals surface area contributed by atoms with Gasteiger partial charge in [-0.05, 0) is 24.3 Å². The summed E-state index contributed by atoms with van der Waals surface area (Å²) in [7, 11) is 0. The first-order valence-electron chi connectivity index (χ1n) is 5.74. The Balaban J connectivity index is 2.02. The van der Waals surface area contributed by atoms with Crippen molar-refractivity contribution in [1.29, 1.82) is 0 Å². The first-order chi connectivity index (χ1) is 9.22. The van der Waals surface area contributed by atoms with Crippen LogP contribution < -0.4 is 10.5 Å². The fraction of sp³-hybridized carbons (Fsp3) is 0.231. The number of nitrogens with zero attached hydrogens (tertiary/aromatic N) is 2. The van der Waals surface area contributed by atoms with Crippen LogP contribution >= 0.6 is 0 Å². The van der Waals surface area contributed by atoms with E-state index < -0.39 is 0 Å². The summed E-state index contributed by atoms with van der Waals surface area (Å²) in [5.41, 5.74) is 6.53. The van der Waals surface area contributed by atoms with E-state index in [-0.39, 0.29) is 13.2 Å². The van der Waals surface area contributed by atoms with Gasteiger partial charge in [0.25, 0.3) is 0 Å². The maximum absolute atomic E-state index is 12.3. The second-order valence-electron chi connectivity index (χ2n) is 3.91. The monoisotopic (exact) mass is 263 g/mol. The van der Waals surface area contributed by atoms with Gasteiger partial charge < -0.3 is 14.9 Å². The number of aryl methyl sites for hydroxylation is 1. The summed E-state index contributed by atoms with van der Waals surface area (Å²) in [4.78, 5) is 0. The van der Waals surface area contributed by atoms with Gasteiger partial charge in [0.2, 0.25) is 11.8 Å². The van der Waals surface area contributed by atoms with Crippen LogP contribution in [0.25, 0.3) is 11.5 Å². The first kappa shape index (κ1) is 13.2. The highest BCUT2D eigenvalue weighted by atomic mass is 19.1. The first-order valence-corrected chi connectivity index (χ1v) is 5.74. The van der Waals surface area contributed by atoms with E-state index in [0.29, 0.717) is 29.4 Å². The molecule has 0 radical (unpaired) electrons. The molecule has 1 aromatic carbocycles. The lowest BCUT2D eigenvalue weighted by Crippen LogP contribution is -2.10. The van der Waals surface area contributed by atoms with Gasteiger partial charge in [0.15, 0.2) is 0 Å². The van der Waals surface area contributed by atoms with Crippen molar-refractivity contribution in [2.24, 2.45) is 5.73 Å². The molecule has 0 saturated heterocycles. The van der Waals surface area contributed by atoms with Crippen LogP contribution in [0.1, 0.15) is 5.89 Å². The lowest BCUT2D eigenvalue weighted by atomic mass is 10.2. The predicted octanol–water partition coefficient (Wildman–Crippen LogP) is 2.24. The number of aromatic nitrogens is 2. The fourth-order valence-corrected chi connectivity index (χ4v) is 1.42. The van der Waals surface area contributed by atoms with E-state index in [1.54, 1.807) is 31.2 Å². The maximum atomic E-state index is 12.3. The average molecular weight is 263 g/mol. The molecule has 0 atom stereocenters.